The highest BCUT2D eigenvalue weighted by molar-refractivity contribution is 5.80. The lowest BCUT2D eigenvalue weighted by atomic mass is 10.0. The van der Waals surface area contributed by atoms with Gasteiger partial charge < -0.3 is 10.6 Å². The first-order valence-corrected chi connectivity index (χ1v) is 10.2. The number of para-hydroxylation sites is 1. The van der Waals surface area contributed by atoms with Crippen molar-refractivity contribution in [3.63, 3.8) is 0 Å². The number of hydrogen-bond donors (Lipinski definition) is 2. The number of likely N-dealkylation sites (tertiary alicyclic amines) is 1. The molecule has 1 saturated heterocycles. The number of rotatable bonds is 5. The topological polar surface area (TPSA) is 96.6 Å². The largest absolute Gasteiger partial charge is 0.341 e. The van der Waals surface area contributed by atoms with Gasteiger partial charge in [-0.3, -0.25) is 18.7 Å². The molecule has 1 unspecified atom stereocenters. The van der Waals surface area contributed by atoms with Gasteiger partial charge in [0.1, 0.15) is 0 Å². The van der Waals surface area contributed by atoms with Crippen LogP contribution in [0.5, 0.6) is 0 Å². The van der Waals surface area contributed by atoms with E-state index in [1.807, 2.05) is 35.6 Å². The highest BCUT2D eigenvalue weighted by atomic mass is 16.2. The first kappa shape index (κ1) is 19.4. The summed E-state index contributed by atoms with van der Waals surface area (Å²) in [5, 5.41) is 15.0. The number of carbonyl (C=O) groups excluding carboxylic acids is 1. The van der Waals surface area contributed by atoms with E-state index in [0.29, 0.717) is 30.8 Å². The number of carbonyl (C=O) groups is 1. The standard InChI is InChI=1S/C20H27N7O2/c1-3-26-18(28)15-9-4-5-10-16(15)27-17(23-24-20(26)27)13-25-11-7-6-8-14(25)12-22-19(29)21-2/h4-5,9-10,14H,3,6-8,11-13H2,1-2H3,(H2,21,22,29). The number of piperidine rings is 1. The van der Waals surface area contributed by atoms with Crippen LogP contribution in [0.25, 0.3) is 16.7 Å². The van der Waals surface area contributed by atoms with Crippen LogP contribution in [0.4, 0.5) is 4.79 Å². The molecule has 9 nitrogen and oxygen atoms in total. The van der Waals surface area contributed by atoms with E-state index in [-0.39, 0.29) is 17.6 Å². The molecule has 1 atom stereocenters. The van der Waals surface area contributed by atoms with Crippen molar-refractivity contribution >= 4 is 22.7 Å². The summed E-state index contributed by atoms with van der Waals surface area (Å²) >= 11 is 0. The molecule has 1 aliphatic heterocycles. The molecular formula is C20H27N7O2. The molecule has 3 heterocycles. The lowest BCUT2D eigenvalue weighted by Crippen LogP contribution is -2.48. The van der Waals surface area contributed by atoms with Crippen molar-refractivity contribution in [1.29, 1.82) is 0 Å². The van der Waals surface area contributed by atoms with E-state index in [1.54, 1.807) is 11.6 Å². The summed E-state index contributed by atoms with van der Waals surface area (Å²) in [4.78, 5) is 26.8. The molecule has 2 N–H and O–H groups in total. The predicted molar refractivity (Wildman–Crippen MR) is 111 cm³/mol. The molecule has 1 aromatic carbocycles. The maximum atomic E-state index is 12.8. The third kappa shape index (κ3) is 3.57. The van der Waals surface area contributed by atoms with Crippen molar-refractivity contribution in [2.24, 2.45) is 0 Å². The number of aryl methyl sites for hydroxylation is 1. The van der Waals surface area contributed by atoms with E-state index in [4.69, 9.17) is 0 Å². The molecule has 0 spiro atoms. The average Bonchev–Trinajstić information content (AvgIpc) is 3.17. The van der Waals surface area contributed by atoms with Crippen LogP contribution < -0.4 is 16.2 Å². The van der Waals surface area contributed by atoms with E-state index in [2.05, 4.69) is 25.7 Å². The Morgan fingerprint density at radius 2 is 2.07 bits per heavy atom. The number of nitrogens with zero attached hydrogens (tertiary/aromatic N) is 5. The highest BCUT2D eigenvalue weighted by Crippen LogP contribution is 2.21. The first-order valence-electron chi connectivity index (χ1n) is 10.2. The minimum absolute atomic E-state index is 0.0415. The normalized spacial score (nSPS) is 17.7. The van der Waals surface area contributed by atoms with Crippen molar-refractivity contribution in [1.82, 2.24) is 34.7 Å². The molecule has 0 aliphatic carbocycles. The van der Waals surface area contributed by atoms with Gasteiger partial charge >= 0.3 is 6.03 Å². The van der Waals surface area contributed by atoms with Gasteiger partial charge in [0.2, 0.25) is 5.78 Å². The van der Waals surface area contributed by atoms with Crippen LogP contribution in [0.15, 0.2) is 29.1 Å². The van der Waals surface area contributed by atoms with Crippen molar-refractivity contribution < 1.29 is 4.79 Å². The summed E-state index contributed by atoms with van der Waals surface area (Å²) in [5.74, 6) is 1.38. The lowest BCUT2D eigenvalue weighted by molar-refractivity contribution is 0.134. The SMILES string of the molecule is CCn1c(=O)c2ccccc2n2c(CN3CCCCC3CNC(=O)NC)nnc12. The van der Waals surface area contributed by atoms with Gasteiger partial charge in [-0.05, 0) is 38.4 Å². The molecule has 9 heteroatoms. The molecule has 4 rings (SSSR count). The van der Waals surface area contributed by atoms with Crippen LogP contribution in [0.2, 0.25) is 0 Å². The van der Waals surface area contributed by atoms with Crippen LogP contribution in [0.3, 0.4) is 0 Å². The number of benzene rings is 1. The van der Waals surface area contributed by atoms with Crippen LogP contribution in [-0.2, 0) is 13.1 Å². The maximum Gasteiger partial charge on any atom is 0.314 e. The third-order valence-electron chi connectivity index (χ3n) is 5.71. The van der Waals surface area contributed by atoms with E-state index in [1.165, 1.54) is 0 Å². The quantitative estimate of drug-likeness (QED) is 0.677. The molecule has 3 aromatic rings. The van der Waals surface area contributed by atoms with Crippen molar-refractivity contribution in [3.05, 3.63) is 40.4 Å². The molecule has 2 aromatic heterocycles. The summed E-state index contributed by atoms with van der Waals surface area (Å²) in [6.45, 7) is 4.63. The zero-order valence-corrected chi connectivity index (χ0v) is 16.9. The Labute approximate surface area is 168 Å². The molecule has 1 aliphatic rings. The van der Waals surface area contributed by atoms with Crippen molar-refractivity contribution in [2.45, 2.75) is 45.3 Å². The van der Waals surface area contributed by atoms with Gasteiger partial charge in [0.15, 0.2) is 5.82 Å². The van der Waals surface area contributed by atoms with Gasteiger partial charge in [0, 0.05) is 26.2 Å². The Kier molecular flexibility index (Phi) is 5.48. The molecule has 2 amide bonds. The highest BCUT2D eigenvalue weighted by Gasteiger charge is 2.25. The van der Waals surface area contributed by atoms with E-state index in [9.17, 15) is 9.59 Å². The lowest BCUT2D eigenvalue weighted by Gasteiger charge is -2.35. The Morgan fingerprint density at radius 3 is 2.86 bits per heavy atom. The summed E-state index contributed by atoms with van der Waals surface area (Å²) in [5.41, 5.74) is 0.787. The van der Waals surface area contributed by atoms with Crippen molar-refractivity contribution in [3.8, 4) is 0 Å². The van der Waals surface area contributed by atoms with Crippen LogP contribution >= 0.6 is 0 Å². The second kappa shape index (κ2) is 8.20. The monoisotopic (exact) mass is 397 g/mol. The minimum Gasteiger partial charge on any atom is -0.341 e. The van der Waals surface area contributed by atoms with Gasteiger partial charge in [-0.25, -0.2) is 4.79 Å². The fourth-order valence-corrected chi connectivity index (χ4v) is 4.18. The summed E-state index contributed by atoms with van der Waals surface area (Å²) in [6.07, 6.45) is 3.30. The number of amides is 2. The first-order chi connectivity index (χ1) is 14.1. The molecule has 1 fully saturated rings. The smallest absolute Gasteiger partial charge is 0.314 e. The average molecular weight is 397 g/mol. The fraction of sp³-hybridized carbons (Fsp3) is 0.500. The molecule has 29 heavy (non-hydrogen) atoms. The Hall–Kier alpha value is -2.94. The summed E-state index contributed by atoms with van der Waals surface area (Å²) in [7, 11) is 1.62. The zero-order chi connectivity index (χ0) is 20.4. The fourth-order valence-electron chi connectivity index (χ4n) is 4.18. The number of nitrogens with one attached hydrogen (secondary N) is 2. The number of fused-ring (bicyclic) bond motifs is 3. The van der Waals surface area contributed by atoms with Crippen LogP contribution in [-0.4, -0.2) is 56.3 Å². The van der Waals surface area contributed by atoms with Gasteiger partial charge in [-0.15, -0.1) is 10.2 Å². The van der Waals surface area contributed by atoms with Gasteiger partial charge in [-0.1, -0.05) is 18.6 Å². The van der Waals surface area contributed by atoms with Crippen LogP contribution in [0, 0.1) is 0 Å². The van der Waals surface area contributed by atoms with Crippen molar-refractivity contribution in [2.75, 3.05) is 20.1 Å². The van der Waals surface area contributed by atoms with E-state index in [0.717, 1.165) is 37.1 Å². The second-order valence-corrected chi connectivity index (χ2v) is 7.40. The second-order valence-electron chi connectivity index (χ2n) is 7.40. The zero-order valence-electron chi connectivity index (χ0n) is 16.9. The summed E-state index contributed by atoms with van der Waals surface area (Å²) < 4.78 is 3.66. The van der Waals surface area contributed by atoms with E-state index >= 15 is 0 Å². The summed E-state index contributed by atoms with van der Waals surface area (Å²) in [6, 6.07) is 7.68. The Morgan fingerprint density at radius 1 is 1.24 bits per heavy atom. The molecule has 0 bridgehead atoms. The Bertz CT molecular complexity index is 1090. The Balaban J connectivity index is 1.71. The number of urea groups is 1. The molecule has 0 radical (unpaired) electrons. The minimum atomic E-state index is -0.165. The number of hydrogen-bond acceptors (Lipinski definition) is 5. The third-order valence-corrected chi connectivity index (χ3v) is 5.71. The van der Waals surface area contributed by atoms with Gasteiger partial charge in [-0.2, -0.15) is 0 Å². The van der Waals surface area contributed by atoms with E-state index < -0.39 is 0 Å². The number of aromatic nitrogens is 4. The molecule has 154 valence electrons. The van der Waals surface area contributed by atoms with Gasteiger partial charge in [0.25, 0.3) is 5.56 Å². The van der Waals surface area contributed by atoms with Crippen LogP contribution in [0.1, 0.15) is 32.0 Å². The predicted octanol–water partition coefficient (Wildman–Crippen LogP) is 1.35. The van der Waals surface area contributed by atoms with Gasteiger partial charge in [0.05, 0.1) is 17.4 Å². The molecule has 0 saturated carbocycles. The maximum absolute atomic E-state index is 12.8. The molecular weight excluding hydrogens is 370 g/mol.